The van der Waals surface area contributed by atoms with Gasteiger partial charge in [0.25, 0.3) is 0 Å². The van der Waals surface area contributed by atoms with Crippen molar-refractivity contribution in [2.24, 2.45) is 0 Å². The number of aromatic hydroxyl groups is 1. The first-order chi connectivity index (χ1) is 11.2. The number of aliphatic carboxylic acids is 1. The highest BCUT2D eigenvalue weighted by Crippen LogP contribution is 2.37. The van der Waals surface area contributed by atoms with Crippen molar-refractivity contribution in [2.75, 3.05) is 6.61 Å². The Morgan fingerprint density at radius 3 is 2.25 bits per heavy atom. The summed E-state index contributed by atoms with van der Waals surface area (Å²) in [5.41, 5.74) is 0.597. The second-order valence-electron chi connectivity index (χ2n) is 6.49. The lowest BCUT2D eigenvalue weighted by Crippen LogP contribution is -2.15. The summed E-state index contributed by atoms with van der Waals surface area (Å²) in [6.07, 6.45) is 0. The highest BCUT2D eigenvalue weighted by Gasteiger charge is 2.25. The summed E-state index contributed by atoms with van der Waals surface area (Å²) < 4.78 is 5.22. The van der Waals surface area contributed by atoms with E-state index in [1.54, 1.807) is 36.4 Å². The third kappa shape index (κ3) is 3.93. The molecule has 0 radical (unpaired) electrons. The molecule has 0 fully saturated rings. The van der Waals surface area contributed by atoms with Crippen LogP contribution in [0.25, 0.3) is 0 Å². The number of carbonyl (C=O) groups is 2. The predicted octanol–water partition coefficient (Wildman–Crippen LogP) is 3.38. The summed E-state index contributed by atoms with van der Waals surface area (Å²) in [6, 6.07) is 11.5. The maximum Gasteiger partial charge on any atom is 0.341 e. The van der Waals surface area contributed by atoms with E-state index in [1.807, 2.05) is 20.8 Å². The van der Waals surface area contributed by atoms with Gasteiger partial charge in [-0.2, -0.15) is 0 Å². The van der Waals surface area contributed by atoms with Crippen LogP contribution in [0.4, 0.5) is 0 Å². The number of hydrogen-bond donors (Lipinski definition) is 2. The summed E-state index contributed by atoms with van der Waals surface area (Å²) in [6.45, 7) is 5.15. The zero-order valence-corrected chi connectivity index (χ0v) is 13.9. The minimum atomic E-state index is -1.11. The van der Waals surface area contributed by atoms with E-state index in [1.165, 1.54) is 6.07 Å². The van der Waals surface area contributed by atoms with E-state index >= 15 is 0 Å². The highest BCUT2D eigenvalue weighted by atomic mass is 16.5. The molecule has 2 N–H and O–H groups in total. The molecule has 24 heavy (non-hydrogen) atoms. The lowest BCUT2D eigenvalue weighted by atomic mass is 9.84. The molecule has 0 aliphatic carbocycles. The Kier molecular flexibility index (Phi) is 4.93. The van der Waals surface area contributed by atoms with Gasteiger partial charge in [0.05, 0.1) is 5.56 Å². The molecular formula is C19H20O5. The zero-order valence-electron chi connectivity index (χ0n) is 13.9. The normalized spacial score (nSPS) is 11.1. The Labute approximate surface area is 140 Å². The van der Waals surface area contributed by atoms with Crippen LogP contribution in [0.5, 0.6) is 11.5 Å². The molecule has 0 heterocycles. The number of benzene rings is 2. The van der Waals surface area contributed by atoms with Crippen LogP contribution < -0.4 is 4.74 Å². The molecule has 126 valence electrons. The fourth-order valence-corrected chi connectivity index (χ4v) is 2.33. The number of carboxylic acids is 1. The van der Waals surface area contributed by atoms with Crippen LogP contribution in [0.2, 0.25) is 0 Å². The summed E-state index contributed by atoms with van der Waals surface area (Å²) in [5, 5.41) is 19.3. The van der Waals surface area contributed by atoms with Crippen LogP contribution in [0, 0.1) is 0 Å². The molecule has 0 saturated carbocycles. The van der Waals surface area contributed by atoms with Crippen LogP contribution >= 0.6 is 0 Å². The lowest BCUT2D eigenvalue weighted by molar-refractivity contribution is -0.139. The van der Waals surface area contributed by atoms with Gasteiger partial charge in [-0.05, 0) is 17.5 Å². The second kappa shape index (κ2) is 6.74. The number of phenols is 1. The van der Waals surface area contributed by atoms with Crippen LogP contribution in [0.3, 0.4) is 0 Å². The van der Waals surface area contributed by atoms with Crippen molar-refractivity contribution in [3.8, 4) is 11.5 Å². The maximum absolute atomic E-state index is 12.7. The van der Waals surface area contributed by atoms with E-state index in [-0.39, 0.29) is 22.8 Å². The molecule has 5 heteroatoms. The Balaban J connectivity index is 2.54. The molecule has 0 bridgehead atoms. The average molecular weight is 328 g/mol. The molecule has 2 aromatic rings. The van der Waals surface area contributed by atoms with Crippen LogP contribution in [0.15, 0.2) is 42.5 Å². The molecule has 0 aliphatic rings. The van der Waals surface area contributed by atoms with Gasteiger partial charge in [-0.1, -0.05) is 51.1 Å². The van der Waals surface area contributed by atoms with Gasteiger partial charge >= 0.3 is 5.97 Å². The van der Waals surface area contributed by atoms with Crippen molar-refractivity contribution in [3.05, 3.63) is 59.2 Å². The largest absolute Gasteiger partial charge is 0.507 e. The van der Waals surface area contributed by atoms with Gasteiger partial charge in [-0.3, -0.25) is 4.79 Å². The summed E-state index contributed by atoms with van der Waals surface area (Å²) in [7, 11) is 0. The fraction of sp³-hybridized carbons (Fsp3) is 0.263. The van der Waals surface area contributed by atoms with Gasteiger partial charge in [-0.15, -0.1) is 0 Å². The second-order valence-corrected chi connectivity index (χ2v) is 6.49. The van der Waals surface area contributed by atoms with Crippen molar-refractivity contribution in [1.29, 1.82) is 0 Å². The van der Waals surface area contributed by atoms with Crippen molar-refractivity contribution in [3.63, 3.8) is 0 Å². The van der Waals surface area contributed by atoms with Gasteiger partial charge in [0.15, 0.2) is 12.4 Å². The van der Waals surface area contributed by atoms with Crippen molar-refractivity contribution in [2.45, 2.75) is 26.2 Å². The lowest BCUT2D eigenvalue weighted by Gasteiger charge is -2.23. The molecule has 0 saturated heterocycles. The van der Waals surface area contributed by atoms with Crippen LogP contribution in [-0.4, -0.2) is 28.6 Å². The molecule has 0 aliphatic heterocycles. The number of carbonyl (C=O) groups excluding carboxylic acids is 1. The Hall–Kier alpha value is -2.82. The topological polar surface area (TPSA) is 83.8 Å². The quantitative estimate of drug-likeness (QED) is 0.822. The molecule has 2 aromatic carbocycles. The minimum Gasteiger partial charge on any atom is -0.507 e. The van der Waals surface area contributed by atoms with Crippen LogP contribution in [-0.2, 0) is 10.2 Å². The van der Waals surface area contributed by atoms with E-state index in [0.717, 1.165) is 0 Å². The zero-order chi connectivity index (χ0) is 17.9. The smallest absolute Gasteiger partial charge is 0.341 e. The maximum atomic E-state index is 12.7. The Morgan fingerprint density at radius 2 is 1.71 bits per heavy atom. The van der Waals surface area contributed by atoms with Gasteiger partial charge < -0.3 is 14.9 Å². The van der Waals surface area contributed by atoms with Gasteiger partial charge in [0, 0.05) is 11.1 Å². The van der Waals surface area contributed by atoms with Gasteiger partial charge in [0.2, 0.25) is 0 Å². The minimum absolute atomic E-state index is 0.0917. The van der Waals surface area contributed by atoms with Crippen molar-refractivity contribution < 1.29 is 24.5 Å². The number of ether oxygens (including phenoxy) is 1. The van der Waals surface area contributed by atoms with Crippen molar-refractivity contribution >= 4 is 11.8 Å². The summed E-state index contributed by atoms with van der Waals surface area (Å²) in [4.78, 5) is 23.4. The van der Waals surface area contributed by atoms with Crippen LogP contribution in [0.1, 0.15) is 42.3 Å². The first-order valence-corrected chi connectivity index (χ1v) is 7.52. The summed E-state index contributed by atoms with van der Waals surface area (Å²) in [5.74, 6) is -1.34. The first kappa shape index (κ1) is 17.5. The van der Waals surface area contributed by atoms with E-state index in [4.69, 9.17) is 9.84 Å². The molecule has 2 rings (SSSR count). The first-order valence-electron chi connectivity index (χ1n) is 7.52. The van der Waals surface area contributed by atoms with Crippen molar-refractivity contribution in [1.82, 2.24) is 0 Å². The number of phenolic OH excluding ortho intramolecular Hbond substituents is 1. The highest BCUT2D eigenvalue weighted by molar-refractivity contribution is 6.11. The summed E-state index contributed by atoms with van der Waals surface area (Å²) >= 11 is 0. The molecule has 0 aromatic heterocycles. The number of rotatable bonds is 5. The van der Waals surface area contributed by atoms with Gasteiger partial charge in [0.1, 0.15) is 11.5 Å². The van der Waals surface area contributed by atoms with Gasteiger partial charge in [-0.25, -0.2) is 4.79 Å². The van der Waals surface area contributed by atoms with E-state index < -0.39 is 18.0 Å². The molecule has 0 unspecified atom stereocenters. The number of hydrogen-bond acceptors (Lipinski definition) is 4. The third-order valence-corrected chi connectivity index (χ3v) is 3.53. The van der Waals surface area contributed by atoms with E-state index in [9.17, 15) is 14.7 Å². The number of carboxylic acid groups (broad SMARTS) is 1. The third-order valence-electron chi connectivity index (χ3n) is 3.53. The monoisotopic (exact) mass is 328 g/mol. The predicted molar refractivity (Wildman–Crippen MR) is 89.8 cm³/mol. The Morgan fingerprint density at radius 1 is 1.08 bits per heavy atom. The van der Waals surface area contributed by atoms with E-state index in [0.29, 0.717) is 11.1 Å². The number of ketones is 1. The molecule has 0 amide bonds. The molecule has 5 nitrogen and oxygen atoms in total. The molecule has 0 atom stereocenters. The standard InChI is InChI=1S/C19H20O5/c1-19(2,3)15-10-13(24-11-16(20)21)9-14(18(15)23)17(22)12-7-5-4-6-8-12/h4-10,23H,11H2,1-3H3,(H,20,21). The molecule has 0 spiro atoms. The fourth-order valence-electron chi connectivity index (χ4n) is 2.33. The Bertz CT molecular complexity index is 757. The average Bonchev–Trinajstić information content (AvgIpc) is 2.52. The van der Waals surface area contributed by atoms with E-state index in [2.05, 4.69) is 0 Å². The molecular weight excluding hydrogens is 308 g/mol. The SMILES string of the molecule is CC(C)(C)c1cc(OCC(=O)O)cc(C(=O)c2ccccc2)c1O.